The number of anilines is 1. The second-order valence-corrected chi connectivity index (χ2v) is 12.8. The number of rotatable bonds is 7. The molecule has 0 unspecified atom stereocenters. The predicted molar refractivity (Wildman–Crippen MR) is 150 cm³/mol. The fourth-order valence-corrected chi connectivity index (χ4v) is 5.36. The van der Waals surface area contributed by atoms with Crippen molar-refractivity contribution in [1.82, 2.24) is 19.7 Å². The zero-order valence-corrected chi connectivity index (χ0v) is 25.4. The van der Waals surface area contributed by atoms with Crippen molar-refractivity contribution < 1.29 is 41.8 Å². The smallest absolute Gasteiger partial charge is 0.417 e. The van der Waals surface area contributed by atoms with E-state index in [9.17, 15) is 27.6 Å². The van der Waals surface area contributed by atoms with E-state index >= 15 is 0 Å². The molecule has 1 aromatic rings. The lowest BCUT2D eigenvalue weighted by Gasteiger charge is -2.44. The minimum Gasteiger partial charge on any atom is -0.444 e. The topological polar surface area (TPSA) is 114 Å². The molecule has 4 heterocycles. The number of halogens is 3. The van der Waals surface area contributed by atoms with Crippen LogP contribution in [0.1, 0.15) is 57.1 Å². The van der Waals surface area contributed by atoms with Gasteiger partial charge in [-0.05, 0) is 39.2 Å². The van der Waals surface area contributed by atoms with Crippen molar-refractivity contribution >= 4 is 23.6 Å². The van der Waals surface area contributed by atoms with Gasteiger partial charge in [0, 0.05) is 38.9 Å². The zero-order valence-electron chi connectivity index (χ0n) is 25.4. The molecule has 3 amide bonds. The summed E-state index contributed by atoms with van der Waals surface area (Å²) >= 11 is 0. The van der Waals surface area contributed by atoms with Gasteiger partial charge in [-0.15, -0.1) is 0 Å². The molecular formula is C29H42F3N5O6. The summed E-state index contributed by atoms with van der Waals surface area (Å²) in [5, 5.41) is 2.98. The van der Waals surface area contributed by atoms with Crippen LogP contribution in [0.4, 0.5) is 23.7 Å². The minimum absolute atomic E-state index is 0.0277. The van der Waals surface area contributed by atoms with Gasteiger partial charge >= 0.3 is 12.3 Å². The lowest BCUT2D eigenvalue weighted by molar-refractivity contribution is -0.142. The van der Waals surface area contributed by atoms with Gasteiger partial charge in [-0.2, -0.15) is 13.2 Å². The van der Waals surface area contributed by atoms with Gasteiger partial charge in [-0.3, -0.25) is 9.59 Å². The Kier molecular flexibility index (Phi) is 10.1. The molecule has 0 bridgehead atoms. The first-order chi connectivity index (χ1) is 20.1. The fourth-order valence-electron chi connectivity index (χ4n) is 5.36. The molecule has 2 atom stereocenters. The number of ether oxygens (including phenoxy) is 3. The van der Waals surface area contributed by atoms with Gasteiger partial charge in [0.1, 0.15) is 5.60 Å². The van der Waals surface area contributed by atoms with Gasteiger partial charge < -0.3 is 34.2 Å². The molecule has 1 aromatic heterocycles. The molecular weight excluding hydrogens is 571 g/mol. The van der Waals surface area contributed by atoms with E-state index in [0.717, 1.165) is 6.07 Å². The Hall–Kier alpha value is -3.13. The number of amides is 3. The van der Waals surface area contributed by atoms with E-state index < -0.39 is 41.3 Å². The molecule has 1 N–H and O–H groups in total. The number of pyridine rings is 1. The highest BCUT2D eigenvalue weighted by molar-refractivity contribution is 5.98. The second-order valence-electron chi connectivity index (χ2n) is 12.8. The van der Waals surface area contributed by atoms with Crippen LogP contribution in [0.15, 0.2) is 12.3 Å². The number of alkyl halides is 3. The highest BCUT2D eigenvalue weighted by atomic mass is 19.4. The van der Waals surface area contributed by atoms with Gasteiger partial charge in [0.2, 0.25) is 5.91 Å². The molecule has 240 valence electrons. The van der Waals surface area contributed by atoms with Gasteiger partial charge in [0.15, 0.2) is 5.69 Å². The Morgan fingerprint density at radius 2 is 1.77 bits per heavy atom. The number of hydrogen-bond donors (Lipinski definition) is 1. The Morgan fingerprint density at radius 1 is 1.09 bits per heavy atom. The summed E-state index contributed by atoms with van der Waals surface area (Å²) in [6.45, 7) is 11.8. The van der Waals surface area contributed by atoms with E-state index in [0.29, 0.717) is 45.7 Å². The molecule has 3 fully saturated rings. The number of carbonyl (C=O) groups excluding carboxylic acids is 3. The number of nitrogens with zero attached hydrogens (tertiary/aromatic N) is 4. The molecule has 43 heavy (non-hydrogen) atoms. The predicted octanol–water partition coefficient (Wildman–Crippen LogP) is 3.49. The molecule has 0 aliphatic carbocycles. The number of aromatic nitrogens is 1. The van der Waals surface area contributed by atoms with Crippen molar-refractivity contribution in [1.29, 1.82) is 0 Å². The molecule has 3 aliphatic rings. The quantitative estimate of drug-likeness (QED) is 0.498. The maximum absolute atomic E-state index is 14.2. The molecule has 0 aromatic carbocycles. The third kappa shape index (κ3) is 8.49. The first-order valence-corrected chi connectivity index (χ1v) is 14.7. The van der Waals surface area contributed by atoms with Crippen LogP contribution in [0.3, 0.4) is 0 Å². The molecule has 4 rings (SSSR count). The van der Waals surface area contributed by atoms with Gasteiger partial charge in [-0.1, -0.05) is 13.8 Å². The maximum Gasteiger partial charge on any atom is 0.417 e. The largest absolute Gasteiger partial charge is 0.444 e. The lowest BCUT2D eigenvalue weighted by atomic mass is 9.91. The van der Waals surface area contributed by atoms with Crippen molar-refractivity contribution in [3.8, 4) is 0 Å². The number of likely N-dealkylation sites (tertiary alicyclic amines) is 1. The van der Waals surface area contributed by atoms with Crippen molar-refractivity contribution in [2.75, 3.05) is 64.5 Å². The van der Waals surface area contributed by atoms with E-state index in [4.69, 9.17) is 14.2 Å². The highest BCUT2D eigenvalue weighted by Gasteiger charge is 2.42. The van der Waals surface area contributed by atoms with Crippen LogP contribution < -0.4 is 5.32 Å². The number of piperidine rings is 1. The summed E-state index contributed by atoms with van der Waals surface area (Å²) in [4.78, 5) is 49.8. The molecule has 0 saturated carbocycles. The SMILES string of the molecule is CC(C)CN(C(=O)c1ncc(C(F)(F)F)cc1NC1COC1)[C@H]1C[C@@H](C(=O)N2CCOCC2)CN(C(=O)OC(C)(C)C)C1. The molecule has 3 aliphatic heterocycles. The number of hydrogen-bond acceptors (Lipinski definition) is 8. The number of nitrogens with one attached hydrogen (secondary N) is 1. The average Bonchev–Trinajstić information content (AvgIpc) is 2.91. The third-order valence-electron chi connectivity index (χ3n) is 7.43. The van der Waals surface area contributed by atoms with Gasteiger partial charge in [-0.25, -0.2) is 9.78 Å². The first kappa shape index (κ1) is 32.8. The average molecular weight is 614 g/mol. The Morgan fingerprint density at radius 3 is 2.33 bits per heavy atom. The Labute approximate surface area is 250 Å². The zero-order chi connectivity index (χ0) is 31.5. The summed E-state index contributed by atoms with van der Waals surface area (Å²) in [7, 11) is 0. The molecule has 0 radical (unpaired) electrons. The summed E-state index contributed by atoms with van der Waals surface area (Å²) in [6.07, 6.45) is -4.33. The summed E-state index contributed by atoms with van der Waals surface area (Å²) in [5.41, 5.74) is -1.96. The van der Waals surface area contributed by atoms with E-state index in [1.54, 1.807) is 30.6 Å². The summed E-state index contributed by atoms with van der Waals surface area (Å²) < 4.78 is 56.9. The number of morpholine rings is 1. The van der Waals surface area contributed by atoms with Crippen LogP contribution in [0, 0.1) is 11.8 Å². The van der Waals surface area contributed by atoms with E-state index in [2.05, 4.69) is 10.3 Å². The fraction of sp³-hybridized carbons (Fsp3) is 0.724. The second kappa shape index (κ2) is 13.2. The molecule has 3 saturated heterocycles. The van der Waals surface area contributed by atoms with Crippen molar-refractivity contribution in [2.24, 2.45) is 11.8 Å². The van der Waals surface area contributed by atoms with E-state index in [-0.39, 0.29) is 55.3 Å². The van der Waals surface area contributed by atoms with Crippen LogP contribution in [0.25, 0.3) is 0 Å². The van der Waals surface area contributed by atoms with Crippen LogP contribution in [0.5, 0.6) is 0 Å². The standard InChI is InChI=1S/C29H42F3N5O6/c1-18(2)13-37(26(39)24-23(34-21-16-42-17-21)11-20(12-33-24)29(30,31)32)22-10-19(25(38)35-6-8-41-9-7-35)14-36(15-22)27(40)43-28(3,4)5/h11-12,18-19,21-22,34H,6-10,13-17H2,1-5H3/t19-,22+/m1/s1. The van der Waals surface area contributed by atoms with E-state index in [1.165, 1.54) is 4.90 Å². The molecule has 14 heteroatoms. The lowest BCUT2D eigenvalue weighted by Crippen LogP contribution is -2.58. The van der Waals surface area contributed by atoms with Crippen LogP contribution in [-0.2, 0) is 25.2 Å². The minimum atomic E-state index is -4.65. The van der Waals surface area contributed by atoms with Crippen LogP contribution >= 0.6 is 0 Å². The third-order valence-corrected chi connectivity index (χ3v) is 7.43. The normalized spacial score (nSPS) is 21.8. The first-order valence-electron chi connectivity index (χ1n) is 14.7. The monoisotopic (exact) mass is 613 g/mol. The van der Waals surface area contributed by atoms with Gasteiger partial charge in [0.25, 0.3) is 5.91 Å². The van der Waals surface area contributed by atoms with Crippen molar-refractivity contribution in [2.45, 2.75) is 64.9 Å². The van der Waals surface area contributed by atoms with Crippen molar-refractivity contribution in [3.63, 3.8) is 0 Å². The molecule has 0 spiro atoms. The highest BCUT2D eigenvalue weighted by Crippen LogP contribution is 2.33. The summed E-state index contributed by atoms with van der Waals surface area (Å²) in [6, 6.07) is 0.0171. The summed E-state index contributed by atoms with van der Waals surface area (Å²) in [5.74, 6) is -1.37. The Bertz CT molecular complexity index is 1160. The van der Waals surface area contributed by atoms with Gasteiger partial charge in [0.05, 0.1) is 55.7 Å². The van der Waals surface area contributed by atoms with Crippen LogP contribution in [-0.4, -0.2) is 114 Å². The Balaban J connectivity index is 1.68. The number of carbonyl (C=O) groups is 3. The van der Waals surface area contributed by atoms with E-state index in [1.807, 2.05) is 13.8 Å². The maximum atomic E-state index is 14.2. The molecule has 11 nitrogen and oxygen atoms in total. The van der Waals surface area contributed by atoms with Crippen molar-refractivity contribution in [3.05, 3.63) is 23.5 Å². The van der Waals surface area contributed by atoms with Crippen LogP contribution in [0.2, 0.25) is 0 Å².